The maximum atomic E-state index is 9.60. The van der Waals surface area contributed by atoms with Gasteiger partial charge in [0.25, 0.3) is 0 Å². The molecule has 1 aromatic carbocycles. The third-order valence-electron chi connectivity index (χ3n) is 2.28. The molecule has 0 aliphatic carbocycles. The predicted molar refractivity (Wildman–Crippen MR) is 62.6 cm³/mol. The Hall–Kier alpha value is -2.24. The molecule has 1 aromatic rings. The van der Waals surface area contributed by atoms with Crippen LogP contribution in [0.4, 0.5) is 0 Å². The topological polar surface area (TPSA) is 117 Å². The van der Waals surface area contributed by atoms with Crippen molar-refractivity contribution in [2.45, 2.75) is 13.8 Å². The first-order valence-electron chi connectivity index (χ1n) is 4.57. The Labute approximate surface area is 92.9 Å². The molecule has 0 heterocycles. The summed E-state index contributed by atoms with van der Waals surface area (Å²) in [6.45, 7) is 3.29. The molecule has 0 unspecified atom stereocenters. The van der Waals surface area contributed by atoms with Crippen molar-refractivity contribution in [3.8, 4) is 11.5 Å². The minimum absolute atomic E-state index is 0.0993. The largest absolute Gasteiger partial charge is 0.507 e. The number of phenolic OH excluding ortho intramolecular Hbond substituents is 2. The van der Waals surface area contributed by atoms with E-state index >= 15 is 0 Å². The van der Waals surface area contributed by atoms with Crippen molar-refractivity contribution in [3.05, 3.63) is 23.3 Å². The van der Waals surface area contributed by atoms with Gasteiger partial charge in [-0.05, 0) is 19.9 Å². The Morgan fingerprint density at radius 2 is 1.31 bits per heavy atom. The molecule has 0 aromatic heterocycles. The fraction of sp³-hybridized carbons (Fsp3) is 0.200. The van der Waals surface area contributed by atoms with Gasteiger partial charge >= 0.3 is 0 Å². The molecule has 0 fully saturated rings. The molecule has 0 spiro atoms. The van der Waals surface area contributed by atoms with E-state index in [0.29, 0.717) is 22.6 Å². The van der Waals surface area contributed by atoms with Crippen molar-refractivity contribution in [2.24, 2.45) is 21.9 Å². The lowest BCUT2D eigenvalue weighted by atomic mass is 10.0. The highest BCUT2D eigenvalue weighted by Gasteiger charge is 2.12. The molecule has 0 saturated carbocycles. The van der Waals surface area contributed by atoms with Gasteiger partial charge in [-0.3, -0.25) is 0 Å². The van der Waals surface area contributed by atoms with Crippen LogP contribution in [0.15, 0.2) is 22.3 Å². The lowest BCUT2D eigenvalue weighted by Crippen LogP contribution is -2.04. The first-order chi connectivity index (χ1) is 7.51. The Morgan fingerprint density at radius 3 is 1.62 bits per heavy atom. The Bertz CT molecular complexity index is 427. The second kappa shape index (κ2) is 4.52. The zero-order valence-corrected chi connectivity index (χ0v) is 9.10. The molecule has 0 saturated heterocycles. The summed E-state index contributed by atoms with van der Waals surface area (Å²) in [5.74, 6) is 10.1. The molecule has 6 N–H and O–H groups in total. The fourth-order valence-corrected chi connectivity index (χ4v) is 1.30. The van der Waals surface area contributed by atoms with E-state index in [1.807, 2.05) is 0 Å². The fourth-order valence-electron chi connectivity index (χ4n) is 1.30. The summed E-state index contributed by atoms with van der Waals surface area (Å²) in [5.41, 5.74) is 1.75. The zero-order valence-electron chi connectivity index (χ0n) is 9.10. The maximum Gasteiger partial charge on any atom is 0.128 e. The maximum absolute atomic E-state index is 9.60. The molecule has 0 aliphatic rings. The summed E-state index contributed by atoms with van der Waals surface area (Å²) in [4.78, 5) is 0. The minimum atomic E-state index is -0.0993. The van der Waals surface area contributed by atoms with Gasteiger partial charge < -0.3 is 21.9 Å². The van der Waals surface area contributed by atoms with Gasteiger partial charge in [0.05, 0.1) is 11.4 Å². The summed E-state index contributed by atoms with van der Waals surface area (Å²) < 4.78 is 0. The quantitative estimate of drug-likeness (QED) is 0.330. The van der Waals surface area contributed by atoms with Gasteiger partial charge in [-0.15, -0.1) is 0 Å². The SMILES string of the molecule is CC(=NN)c1cc(C(C)=NN)c(O)cc1O. The van der Waals surface area contributed by atoms with Gasteiger partial charge in [0.15, 0.2) is 0 Å². The van der Waals surface area contributed by atoms with Gasteiger partial charge in [-0.2, -0.15) is 10.2 Å². The van der Waals surface area contributed by atoms with E-state index in [9.17, 15) is 10.2 Å². The Balaban J connectivity index is 3.44. The standard InChI is InChI=1S/C10H14N4O2/c1-5(13-11)7-3-8(6(2)14-12)10(16)4-9(7)15/h3-4,15-16H,11-12H2,1-2H3. The molecule has 86 valence electrons. The van der Waals surface area contributed by atoms with E-state index in [-0.39, 0.29) is 11.5 Å². The molecule has 0 bridgehead atoms. The summed E-state index contributed by atoms with van der Waals surface area (Å²) in [6.07, 6.45) is 0. The summed E-state index contributed by atoms with van der Waals surface area (Å²) in [6, 6.07) is 2.73. The van der Waals surface area contributed by atoms with Gasteiger partial charge in [-0.25, -0.2) is 0 Å². The van der Waals surface area contributed by atoms with Crippen LogP contribution in [-0.2, 0) is 0 Å². The van der Waals surface area contributed by atoms with Crippen molar-refractivity contribution in [3.63, 3.8) is 0 Å². The lowest BCUT2D eigenvalue weighted by molar-refractivity contribution is 0.449. The number of hydrogen-bond acceptors (Lipinski definition) is 6. The molecular formula is C10H14N4O2. The smallest absolute Gasteiger partial charge is 0.128 e. The van der Waals surface area contributed by atoms with E-state index in [1.54, 1.807) is 13.8 Å². The minimum Gasteiger partial charge on any atom is -0.507 e. The van der Waals surface area contributed by atoms with Crippen molar-refractivity contribution >= 4 is 11.4 Å². The molecule has 0 aliphatic heterocycles. The molecule has 1 rings (SSSR count). The highest BCUT2D eigenvalue weighted by atomic mass is 16.3. The Morgan fingerprint density at radius 1 is 0.938 bits per heavy atom. The summed E-state index contributed by atoms with van der Waals surface area (Å²) in [5, 5.41) is 26.2. The monoisotopic (exact) mass is 222 g/mol. The van der Waals surface area contributed by atoms with E-state index < -0.39 is 0 Å². The number of hydrazone groups is 2. The van der Waals surface area contributed by atoms with Crippen LogP contribution in [0.25, 0.3) is 0 Å². The molecule has 0 amide bonds. The van der Waals surface area contributed by atoms with Crippen LogP contribution in [-0.4, -0.2) is 21.6 Å². The average molecular weight is 222 g/mol. The number of nitrogens with two attached hydrogens (primary N) is 2. The van der Waals surface area contributed by atoms with Crippen molar-refractivity contribution < 1.29 is 10.2 Å². The third kappa shape index (κ3) is 2.05. The normalized spacial score (nSPS) is 12.9. The third-order valence-corrected chi connectivity index (χ3v) is 2.28. The van der Waals surface area contributed by atoms with Crippen LogP contribution in [0, 0.1) is 0 Å². The molecule has 0 radical (unpaired) electrons. The van der Waals surface area contributed by atoms with Crippen LogP contribution in [0.1, 0.15) is 25.0 Å². The van der Waals surface area contributed by atoms with Crippen LogP contribution in [0.2, 0.25) is 0 Å². The molecular weight excluding hydrogens is 208 g/mol. The number of nitrogens with zero attached hydrogens (tertiary/aromatic N) is 2. The Kier molecular flexibility index (Phi) is 3.34. The van der Waals surface area contributed by atoms with Gasteiger partial charge in [0, 0.05) is 17.2 Å². The van der Waals surface area contributed by atoms with Crippen molar-refractivity contribution in [1.82, 2.24) is 0 Å². The van der Waals surface area contributed by atoms with E-state index in [2.05, 4.69) is 10.2 Å². The van der Waals surface area contributed by atoms with E-state index in [0.717, 1.165) is 0 Å². The lowest BCUT2D eigenvalue weighted by Gasteiger charge is -2.08. The van der Waals surface area contributed by atoms with E-state index in [4.69, 9.17) is 11.7 Å². The van der Waals surface area contributed by atoms with Crippen LogP contribution < -0.4 is 11.7 Å². The van der Waals surface area contributed by atoms with E-state index in [1.165, 1.54) is 12.1 Å². The predicted octanol–water partition coefficient (Wildman–Crippen LogP) is 0.463. The number of phenols is 2. The van der Waals surface area contributed by atoms with Crippen LogP contribution in [0.5, 0.6) is 11.5 Å². The number of hydrogen-bond donors (Lipinski definition) is 4. The van der Waals surface area contributed by atoms with Crippen LogP contribution >= 0.6 is 0 Å². The molecule has 0 atom stereocenters. The van der Waals surface area contributed by atoms with Gasteiger partial charge in [-0.1, -0.05) is 0 Å². The van der Waals surface area contributed by atoms with Crippen molar-refractivity contribution in [1.29, 1.82) is 0 Å². The number of benzene rings is 1. The zero-order chi connectivity index (χ0) is 12.3. The molecule has 6 heteroatoms. The highest BCUT2D eigenvalue weighted by molar-refractivity contribution is 6.06. The summed E-state index contributed by atoms with van der Waals surface area (Å²) in [7, 11) is 0. The van der Waals surface area contributed by atoms with Crippen molar-refractivity contribution in [2.75, 3.05) is 0 Å². The highest BCUT2D eigenvalue weighted by Crippen LogP contribution is 2.28. The molecule has 6 nitrogen and oxygen atoms in total. The van der Waals surface area contributed by atoms with Gasteiger partial charge in [0.2, 0.25) is 0 Å². The second-order valence-electron chi connectivity index (χ2n) is 3.32. The molecule has 16 heavy (non-hydrogen) atoms. The number of rotatable bonds is 2. The second-order valence-corrected chi connectivity index (χ2v) is 3.32. The number of aromatic hydroxyl groups is 2. The summed E-state index contributed by atoms with van der Waals surface area (Å²) >= 11 is 0. The van der Waals surface area contributed by atoms with Gasteiger partial charge in [0.1, 0.15) is 11.5 Å². The first-order valence-corrected chi connectivity index (χ1v) is 4.57. The first kappa shape index (κ1) is 11.8. The average Bonchev–Trinajstić information content (AvgIpc) is 2.27. The van der Waals surface area contributed by atoms with Crippen LogP contribution in [0.3, 0.4) is 0 Å².